The summed E-state index contributed by atoms with van der Waals surface area (Å²) in [5.41, 5.74) is 1.07. The number of halogens is 1. The molecule has 0 saturated heterocycles. The van der Waals surface area contributed by atoms with Crippen LogP contribution in [0.2, 0.25) is 0 Å². The first kappa shape index (κ1) is 21.7. The Morgan fingerprint density at radius 1 is 1.48 bits per heavy atom. The molecule has 1 saturated carbocycles. The molecule has 2 rings (SSSR count). The molecular formula is C19H31IN4O. The van der Waals surface area contributed by atoms with Crippen LogP contribution < -0.4 is 10.1 Å². The number of aromatic nitrogens is 1. The van der Waals surface area contributed by atoms with Crippen LogP contribution in [0.5, 0.6) is 5.88 Å². The van der Waals surface area contributed by atoms with Gasteiger partial charge in [0.1, 0.15) is 6.10 Å². The summed E-state index contributed by atoms with van der Waals surface area (Å²) in [4.78, 5) is 10.9. The molecule has 1 fully saturated rings. The van der Waals surface area contributed by atoms with E-state index in [1.54, 1.807) is 6.20 Å². The molecule has 1 heterocycles. The summed E-state index contributed by atoms with van der Waals surface area (Å²) < 4.78 is 6.10. The molecule has 25 heavy (non-hydrogen) atoms. The van der Waals surface area contributed by atoms with Crippen molar-refractivity contribution in [2.24, 2.45) is 4.99 Å². The molecule has 5 nitrogen and oxygen atoms in total. The first-order valence-electron chi connectivity index (χ1n) is 8.87. The smallest absolute Gasteiger partial charge is 0.218 e. The van der Waals surface area contributed by atoms with E-state index in [0.717, 1.165) is 49.6 Å². The van der Waals surface area contributed by atoms with Gasteiger partial charge in [0.25, 0.3) is 0 Å². The average Bonchev–Trinajstić information content (AvgIpc) is 3.10. The first-order valence-corrected chi connectivity index (χ1v) is 8.87. The molecule has 0 unspecified atom stereocenters. The number of pyridine rings is 1. The van der Waals surface area contributed by atoms with Gasteiger partial charge in [-0.15, -0.1) is 30.6 Å². The van der Waals surface area contributed by atoms with Gasteiger partial charge >= 0.3 is 0 Å². The molecule has 0 amide bonds. The number of rotatable bonds is 8. The van der Waals surface area contributed by atoms with Crippen molar-refractivity contribution in [2.45, 2.75) is 51.2 Å². The van der Waals surface area contributed by atoms with Crippen molar-refractivity contribution >= 4 is 29.9 Å². The van der Waals surface area contributed by atoms with Crippen LogP contribution in [0.25, 0.3) is 0 Å². The van der Waals surface area contributed by atoms with E-state index in [1.165, 1.54) is 12.8 Å². The zero-order chi connectivity index (χ0) is 17.2. The number of allylic oxidation sites excluding steroid dienone is 1. The number of hydrogen-bond donors (Lipinski definition) is 1. The van der Waals surface area contributed by atoms with E-state index >= 15 is 0 Å². The first-order chi connectivity index (χ1) is 11.7. The van der Waals surface area contributed by atoms with E-state index in [-0.39, 0.29) is 24.0 Å². The summed E-state index contributed by atoms with van der Waals surface area (Å²) in [5.74, 6) is 1.64. The summed E-state index contributed by atoms with van der Waals surface area (Å²) in [6.07, 6.45) is 10.9. The van der Waals surface area contributed by atoms with Crippen molar-refractivity contribution in [3.63, 3.8) is 0 Å². The molecular weight excluding hydrogens is 427 g/mol. The highest BCUT2D eigenvalue weighted by Crippen LogP contribution is 2.24. The van der Waals surface area contributed by atoms with Gasteiger partial charge < -0.3 is 15.0 Å². The number of hydrogen-bond acceptors (Lipinski definition) is 3. The molecule has 0 aromatic carbocycles. The van der Waals surface area contributed by atoms with Gasteiger partial charge in [0.15, 0.2) is 5.96 Å². The number of nitrogens with one attached hydrogen (secondary N) is 1. The Bertz CT molecular complexity index is 544. The Hall–Kier alpha value is -1.31. The van der Waals surface area contributed by atoms with Gasteiger partial charge in [-0.3, -0.25) is 4.99 Å². The zero-order valence-corrected chi connectivity index (χ0v) is 17.7. The van der Waals surface area contributed by atoms with Gasteiger partial charge in [-0.1, -0.05) is 12.1 Å². The highest BCUT2D eigenvalue weighted by atomic mass is 127. The van der Waals surface area contributed by atoms with E-state index in [0.29, 0.717) is 12.6 Å². The molecule has 0 aliphatic heterocycles. The number of ether oxygens (including phenoxy) is 1. The third-order valence-electron chi connectivity index (χ3n) is 4.34. The Kier molecular flexibility index (Phi) is 10.5. The Morgan fingerprint density at radius 3 is 2.92 bits per heavy atom. The van der Waals surface area contributed by atoms with E-state index in [2.05, 4.69) is 39.9 Å². The third-order valence-corrected chi connectivity index (χ3v) is 4.34. The van der Waals surface area contributed by atoms with E-state index in [9.17, 15) is 0 Å². The number of guanidine groups is 1. The average molecular weight is 458 g/mol. The molecule has 6 heteroatoms. The minimum Gasteiger partial charge on any atom is -0.474 e. The molecule has 1 aromatic heterocycles. The molecule has 1 N–H and O–H groups in total. The number of aliphatic imine (C=N–C) groups is 1. The topological polar surface area (TPSA) is 49.8 Å². The highest BCUT2D eigenvalue weighted by molar-refractivity contribution is 14.0. The van der Waals surface area contributed by atoms with Crippen molar-refractivity contribution in [1.29, 1.82) is 0 Å². The van der Waals surface area contributed by atoms with Crippen molar-refractivity contribution in [2.75, 3.05) is 20.6 Å². The van der Waals surface area contributed by atoms with Crippen LogP contribution >= 0.6 is 24.0 Å². The van der Waals surface area contributed by atoms with E-state index < -0.39 is 0 Å². The molecule has 1 aliphatic carbocycles. The number of nitrogens with zero attached hydrogens (tertiary/aromatic N) is 3. The van der Waals surface area contributed by atoms with Crippen LogP contribution in [0.3, 0.4) is 0 Å². The van der Waals surface area contributed by atoms with Crippen LogP contribution in [0.1, 0.15) is 44.1 Å². The van der Waals surface area contributed by atoms with Crippen molar-refractivity contribution < 1.29 is 4.74 Å². The molecule has 0 atom stereocenters. The van der Waals surface area contributed by atoms with Gasteiger partial charge in [-0.05, 0) is 44.6 Å². The molecule has 1 aromatic rings. The quantitative estimate of drug-likeness (QED) is 0.211. The maximum atomic E-state index is 6.10. The van der Waals surface area contributed by atoms with Gasteiger partial charge in [-0.25, -0.2) is 4.98 Å². The third kappa shape index (κ3) is 7.22. The minimum absolute atomic E-state index is 0. The lowest BCUT2D eigenvalue weighted by atomic mass is 10.2. The molecule has 0 radical (unpaired) electrons. The van der Waals surface area contributed by atoms with Crippen molar-refractivity contribution in [3.8, 4) is 5.88 Å². The summed E-state index contributed by atoms with van der Waals surface area (Å²) in [5, 5.41) is 3.41. The maximum Gasteiger partial charge on any atom is 0.218 e. The minimum atomic E-state index is 0. The van der Waals surface area contributed by atoms with E-state index in [1.807, 2.05) is 19.2 Å². The summed E-state index contributed by atoms with van der Waals surface area (Å²) >= 11 is 0. The van der Waals surface area contributed by atoms with Crippen LogP contribution in [0, 0.1) is 0 Å². The lowest BCUT2D eigenvalue weighted by molar-refractivity contribution is 0.199. The predicted molar refractivity (Wildman–Crippen MR) is 115 cm³/mol. The largest absolute Gasteiger partial charge is 0.474 e. The van der Waals surface area contributed by atoms with Gasteiger partial charge in [0, 0.05) is 38.9 Å². The molecule has 1 aliphatic rings. The second-order valence-electron chi connectivity index (χ2n) is 6.25. The Morgan fingerprint density at radius 2 is 2.24 bits per heavy atom. The summed E-state index contributed by atoms with van der Waals surface area (Å²) in [7, 11) is 3.86. The number of unbranched alkanes of at least 4 members (excludes halogenated alkanes) is 1. The highest BCUT2D eigenvalue weighted by Gasteiger charge is 2.18. The molecule has 0 bridgehead atoms. The second kappa shape index (κ2) is 12.1. The Labute approximate surface area is 169 Å². The lowest BCUT2D eigenvalue weighted by Crippen LogP contribution is -2.39. The van der Waals surface area contributed by atoms with Crippen LogP contribution in [-0.4, -0.2) is 42.6 Å². The van der Waals surface area contributed by atoms with Crippen molar-refractivity contribution in [1.82, 2.24) is 15.2 Å². The van der Waals surface area contributed by atoms with Gasteiger partial charge in [0.2, 0.25) is 5.88 Å². The lowest BCUT2D eigenvalue weighted by Gasteiger charge is -2.22. The second-order valence-corrected chi connectivity index (χ2v) is 6.25. The standard InChI is InChI=1S/C19H30N4O.HI/c1-4-5-8-14-23(3)19(20-2)22-15-16-10-9-13-21-18(16)24-17-11-6-7-12-17;/h4,9-10,13,17H,1,5-8,11-12,14-15H2,2-3H3,(H,20,22);1H. The fourth-order valence-electron chi connectivity index (χ4n) is 2.97. The van der Waals surface area contributed by atoms with Crippen LogP contribution in [0.15, 0.2) is 36.0 Å². The monoisotopic (exact) mass is 458 g/mol. The van der Waals surface area contributed by atoms with Crippen molar-refractivity contribution in [3.05, 3.63) is 36.5 Å². The summed E-state index contributed by atoms with van der Waals surface area (Å²) in [6.45, 7) is 5.37. The molecule has 140 valence electrons. The van der Waals surface area contributed by atoms with E-state index in [4.69, 9.17) is 4.74 Å². The fourth-order valence-corrected chi connectivity index (χ4v) is 2.97. The maximum absolute atomic E-state index is 6.10. The predicted octanol–water partition coefficient (Wildman–Crippen LogP) is 3.99. The zero-order valence-electron chi connectivity index (χ0n) is 15.4. The summed E-state index contributed by atoms with van der Waals surface area (Å²) in [6, 6.07) is 4.02. The fraction of sp³-hybridized carbons (Fsp3) is 0.579. The molecule has 0 spiro atoms. The Balaban J connectivity index is 0.00000312. The van der Waals surface area contributed by atoms with Crippen LogP contribution in [0.4, 0.5) is 0 Å². The van der Waals surface area contributed by atoms with Crippen LogP contribution in [-0.2, 0) is 6.54 Å². The van der Waals surface area contributed by atoms with Gasteiger partial charge in [0.05, 0.1) is 0 Å². The normalized spacial score (nSPS) is 14.7. The van der Waals surface area contributed by atoms with Gasteiger partial charge in [-0.2, -0.15) is 0 Å². The SMILES string of the molecule is C=CCCCN(C)C(=NC)NCc1cccnc1OC1CCCC1.I.